The summed E-state index contributed by atoms with van der Waals surface area (Å²) in [5, 5.41) is 0. The number of carbonyl (C=O) groups is 1. The molecule has 3 heterocycles. The lowest BCUT2D eigenvalue weighted by Crippen LogP contribution is -2.61. The van der Waals surface area contributed by atoms with Crippen LogP contribution in [0.2, 0.25) is 0 Å². The summed E-state index contributed by atoms with van der Waals surface area (Å²) < 4.78 is 5.14. The van der Waals surface area contributed by atoms with E-state index in [2.05, 4.69) is 26.8 Å². The quantitative estimate of drug-likeness (QED) is 0.805. The summed E-state index contributed by atoms with van der Waals surface area (Å²) in [5.41, 5.74) is 0.00886. The molecule has 2 saturated heterocycles. The van der Waals surface area contributed by atoms with Crippen LogP contribution in [0, 0.1) is 0 Å². The summed E-state index contributed by atoms with van der Waals surface area (Å²) in [6.45, 7) is 4.82. The second kappa shape index (κ2) is 7.44. The van der Waals surface area contributed by atoms with Crippen LogP contribution in [-0.2, 0) is 9.53 Å². The highest BCUT2D eigenvalue weighted by atomic mass is 16.5. The fraction of sp³-hybridized carbons (Fsp3) is 0.706. The fourth-order valence-corrected chi connectivity index (χ4v) is 3.76. The van der Waals surface area contributed by atoms with E-state index in [9.17, 15) is 4.79 Å². The number of anilines is 1. The van der Waals surface area contributed by atoms with Crippen molar-refractivity contribution in [2.75, 3.05) is 58.4 Å². The molecule has 24 heavy (non-hydrogen) atoms. The van der Waals surface area contributed by atoms with Crippen LogP contribution in [0.5, 0.6) is 0 Å². The van der Waals surface area contributed by atoms with Crippen LogP contribution in [0.3, 0.4) is 0 Å². The van der Waals surface area contributed by atoms with E-state index in [0.29, 0.717) is 19.6 Å². The zero-order valence-electron chi connectivity index (χ0n) is 14.6. The molecular weight excluding hydrogens is 306 g/mol. The molecule has 0 aliphatic carbocycles. The number of likely N-dealkylation sites (N-methyl/N-ethyl adjacent to an activating group) is 1. The minimum absolute atomic E-state index is 0.00886. The number of ether oxygens (including phenoxy) is 1. The van der Waals surface area contributed by atoms with Gasteiger partial charge in [0.25, 0.3) is 0 Å². The highest BCUT2D eigenvalue weighted by Gasteiger charge is 2.42. The molecule has 0 aromatic carbocycles. The maximum atomic E-state index is 12.4. The molecule has 1 spiro atoms. The first-order valence-electron chi connectivity index (χ1n) is 8.64. The van der Waals surface area contributed by atoms with Gasteiger partial charge < -0.3 is 14.5 Å². The average molecular weight is 333 g/mol. The number of carbonyl (C=O) groups excluding carboxylic acids is 1. The third-order valence-electron chi connectivity index (χ3n) is 5.40. The lowest BCUT2D eigenvalue weighted by molar-refractivity contribution is -0.131. The van der Waals surface area contributed by atoms with E-state index in [1.165, 1.54) is 0 Å². The molecule has 2 aliphatic heterocycles. The highest BCUT2D eigenvalue weighted by Crippen LogP contribution is 2.33. The molecule has 1 aromatic heterocycles. The topological polar surface area (TPSA) is 61.8 Å². The van der Waals surface area contributed by atoms with Gasteiger partial charge in [-0.1, -0.05) is 0 Å². The van der Waals surface area contributed by atoms with Gasteiger partial charge in [-0.05, 0) is 26.0 Å². The molecule has 2 fully saturated rings. The van der Waals surface area contributed by atoms with Crippen molar-refractivity contribution >= 4 is 11.9 Å². The van der Waals surface area contributed by atoms with Gasteiger partial charge >= 0.3 is 0 Å². The molecule has 0 radical (unpaired) electrons. The average Bonchev–Trinajstić information content (AvgIpc) is 2.77. The van der Waals surface area contributed by atoms with Crippen molar-refractivity contribution in [2.45, 2.75) is 24.8 Å². The predicted molar refractivity (Wildman–Crippen MR) is 91.9 cm³/mol. The van der Waals surface area contributed by atoms with E-state index in [-0.39, 0.29) is 11.4 Å². The van der Waals surface area contributed by atoms with E-state index >= 15 is 0 Å². The Kier molecular flexibility index (Phi) is 5.30. The molecule has 3 rings (SSSR count). The Bertz CT molecular complexity index is 555. The summed E-state index contributed by atoms with van der Waals surface area (Å²) in [4.78, 5) is 27.9. The van der Waals surface area contributed by atoms with E-state index < -0.39 is 0 Å². The van der Waals surface area contributed by atoms with Crippen LogP contribution in [0.1, 0.15) is 19.3 Å². The highest BCUT2D eigenvalue weighted by molar-refractivity contribution is 5.76. The lowest BCUT2D eigenvalue weighted by Gasteiger charge is -2.49. The summed E-state index contributed by atoms with van der Waals surface area (Å²) >= 11 is 0. The predicted octanol–water partition coefficient (Wildman–Crippen LogP) is 0.626. The molecule has 2 aliphatic rings. The van der Waals surface area contributed by atoms with Gasteiger partial charge in [-0.15, -0.1) is 0 Å². The van der Waals surface area contributed by atoms with Crippen molar-refractivity contribution in [1.82, 2.24) is 19.8 Å². The third kappa shape index (κ3) is 3.52. The van der Waals surface area contributed by atoms with Crippen LogP contribution in [-0.4, -0.2) is 84.7 Å². The Morgan fingerprint density at radius 1 is 1.21 bits per heavy atom. The van der Waals surface area contributed by atoms with E-state index in [1.807, 2.05) is 11.0 Å². The Labute approximate surface area is 143 Å². The zero-order chi connectivity index (χ0) is 17.0. The standard InChI is InChI=1S/C17H27N5O2/c1-20-10-11-22(16-18-7-3-8-19-16)14-17(20)5-4-15(23)21(9-6-17)12-13-24-2/h3,7-8H,4-6,9-14H2,1-2H3/t17-/m1/s1. The molecule has 0 saturated carbocycles. The second-order valence-electron chi connectivity index (χ2n) is 6.74. The van der Waals surface area contributed by atoms with Crippen LogP contribution in [0.15, 0.2) is 18.5 Å². The van der Waals surface area contributed by atoms with Crippen molar-refractivity contribution in [3.05, 3.63) is 18.5 Å². The minimum atomic E-state index is 0.00886. The number of hydrogen-bond donors (Lipinski definition) is 0. The zero-order valence-corrected chi connectivity index (χ0v) is 14.6. The number of piperazine rings is 1. The Morgan fingerprint density at radius 2 is 2.00 bits per heavy atom. The number of hydrogen-bond acceptors (Lipinski definition) is 6. The van der Waals surface area contributed by atoms with E-state index in [4.69, 9.17) is 4.74 Å². The third-order valence-corrected chi connectivity index (χ3v) is 5.40. The molecule has 7 nitrogen and oxygen atoms in total. The maximum Gasteiger partial charge on any atom is 0.225 e. The van der Waals surface area contributed by atoms with Crippen molar-refractivity contribution in [1.29, 1.82) is 0 Å². The number of methoxy groups -OCH3 is 1. The molecule has 1 aromatic rings. The lowest BCUT2D eigenvalue weighted by atomic mass is 9.86. The molecule has 1 atom stereocenters. The van der Waals surface area contributed by atoms with Crippen molar-refractivity contribution in [2.24, 2.45) is 0 Å². The monoisotopic (exact) mass is 333 g/mol. The van der Waals surface area contributed by atoms with Gasteiger partial charge in [-0.3, -0.25) is 9.69 Å². The van der Waals surface area contributed by atoms with Gasteiger partial charge in [0.05, 0.1) is 6.61 Å². The largest absolute Gasteiger partial charge is 0.383 e. The number of amides is 1. The molecule has 7 heteroatoms. The Morgan fingerprint density at radius 3 is 2.75 bits per heavy atom. The molecule has 1 amide bonds. The molecule has 0 bridgehead atoms. The molecule has 0 N–H and O–H groups in total. The Balaban J connectivity index is 1.74. The fourth-order valence-electron chi connectivity index (χ4n) is 3.76. The maximum absolute atomic E-state index is 12.4. The van der Waals surface area contributed by atoms with Crippen molar-refractivity contribution in [3.63, 3.8) is 0 Å². The van der Waals surface area contributed by atoms with E-state index in [0.717, 1.165) is 45.0 Å². The van der Waals surface area contributed by atoms with Crippen LogP contribution in [0.25, 0.3) is 0 Å². The number of likely N-dealkylation sites (tertiary alicyclic amines) is 1. The summed E-state index contributed by atoms with van der Waals surface area (Å²) in [6.07, 6.45) is 6.03. The summed E-state index contributed by atoms with van der Waals surface area (Å²) in [5.74, 6) is 1.03. The number of nitrogens with zero attached hydrogens (tertiary/aromatic N) is 5. The van der Waals surface area contributed by atoms with Crippen molar-refractivity contribution < 1.29 is 9.53 Å². The first kappa shape index (κ1) is 17.1. The van der Waals surface area contributed by atoms with Gasteiger partial charge in [0.1, 0.15) is 0 Å². The smallest absolute Gasteiger partial charge is 0.225 e. The van der Waals surface area contributed by atoms with Crippen LogP contribution < -0.4 is 4.90 Å². The van der Waals surface area contributed by atoms with Gasteiger partial charge in [0.2, 0.25) is 11.9 Å². The molecule has 0 unspecified atom stereocenters. The normalized spacial score (nSPS) is 26.0. The summed E-state index contributed by atoms with van der Waals surface area (Å²) in [6, 6.07) is 1.84. The first-order valence-corrected chi connectivity index (χ1v) is 8.64. The summed E-state index contributed by atoms with van der Waals surface area (Å²) in [7, 11) is 3.86. The van der Waals surface area contributed by atoms with Gasteiger partial charge in [0, 0.05) is 64.2 Å². The van der Waals surface area contributed by atoms with Gasteiger partial charge in [0.15, 0.2) is 0 Å². The van der Waals surface area contributed by atoms with Gasteiger partial charge in [-0.25, -0.2) is 9.97 Å². The minimum Gasteiger partial charge on any atom is -0.383 e. The second-order valence-corrected chi connectivity index (χ2v) is 6.74. The van der Waals surface area contributed by atoms with Crippen LogP contribution in [0.4, 0.5) is 5.95 Å². The Hall–Kier alpha value is -1.73. The SMILES string of the molecule is COCCN1CC[C@]2(CCC1=O)CN(c1ncccn1)CCN2C. The van der Waals surface area contributed by atoms with Gasteiger partial charge in [-0.2, -0.15) is 0 Å². The molecule has 132 valence electrons. The van der Waals surface area contributed by atoms with E-state index in [1.54, 1.807) is 19.5 Å². The van der Waals surface area contributed by atoms with Crippen LogP contribution >= 0.6 is 0 Å². The van der Waals surface area contributed by atoms with Crippen molar-refractivity contribution in [3.8, 4) is 0 Å². The molecular formula is C17H27N5O2. The first-order chi connectivity index (χ1) is 11.6. The number of aromatic nitrogens is 2. The number of rotatable bonds is 4.